The molecular weight excluding hydrogens is 644 g/mol. The van der Waals surface area contributed by atoms with E-state index in [0.717, 1.165) is 30.7 Å². The number of carbonyl (C=O) groups is 2. The average molecular weight is 670 g/mol. The standard InChI is InChI=1S/C28H26F3N11O2S2/c29-28(30,31)18-6-9-21(10-7-18)42-16-20(35-40-42)8-11-22(43)33-26-38-39-27(46-26)41-13-12-19(15-41)32-24-36-37-25(45-24)34-23(44)14-17-4-2-1-3-5-17/h1-7,9-10,16,19H,8,11-15H2,(H,32,36)(H,33,38,43)(H,34,37,44)/t19-/m1/s1. The van der Waals surface area contributed by atoms with Crippen LogP contribution in [0.2, 0.25) is 0 Å². The molecule has 0 radical (unpaired) electrons. The summed E-state index contributed by atoms with van der Waals surface area (Å²) in [5.74, 6) is -0.444. The highest BCUT2D eigenvalue weighted by molar-refractivity contribution is 7.19. The Hall–Kier alpha value is -4.97. The van der Waals surface area contributed by atoms with Gasteiger partial charge in [-0.05, 0) is 36.2 Å². The Kier molecular flexibility index (Phi) is 9.16. The van der Waals surface area contributed by atoms with E-state index in [1.165, 1.54) is 39.5 Å². The lowest BCUT2D eigenvalue weighted by atomic mass is 10.1. The molecule has 3 aromatic heterocycles. The normalized spacial score (nSPS) is 14.8. The number of nitrogens with zero attached hydrogens (tertiary/aromatic N) is 8. The molecule has 2 aromatic carbocycles. The Labute approximate surface area is 267 Å². The lowest BCUT2D eigenvalue weighted by Gasteiger charge is -2.14. The SMILES string of the molecule is O=C(Cc1ccccc1)Nc1nnc(N[C@@H]2CCN(c3nnc(NC(=O)CCc4cn(-c5ccc(C(F)(F)F)cc5)nn4)s3)C2)s1. The molecule has 0 spiro atoms. The van der Waals surface area contributed by atoms with E-state index >= 15 is 0 Å². The molecule has 0 unspecified atom stereocenters. The largest absolute Gasteiger partial charge is 0.416 e. The maximum atomic E-state index is 12.8. The van der Waals surface area contributed by atoms with Gasteiger partial charge in [-0.25, -0.2) is 4.68 Å². The van der Waals surface area contributed by atoms with Crippen LogP contribution in [0.15, 0.2) is 60.8 Å². The summed E-state index contributed by atoms with van der Waals surface area (Å²) in [5, 5.41) is 35.4. The number of rotatable bonds is 11. The van der Waals surface area contributed by atoms with Gasteiger partial charge in [0.05, 0.1) is 29.6 Å². The molecule has 1 aliphatic heterocycles. The monoisotopic (exact) mass is 669 g/mol. The summed E-state index contributed by atoms with van der Waals surface area (Å²) in [5.41, 5.74) is 1.10. The summed E-state index contributed by atoms with van der Waals surface area (Å²) < 4.78 is 39.8. The second-order valence-corrected chi connectivity index (χ2v) is 12.3. The fraction of sp³-hybridized carbons (Fsp3) is 0.286. The van der Waals surface area contributed by atoms with Crippen molar-refractivity contribution in [3.05, 3.63) is 77.6 Å². The number of alkyl halides is 3. The average Bonchev–Trinajstić information content (AvgIpc) is 3.85. The van der Waals surface area contributed by atoms with E-state index in [0.29, 0.717) is 38.5 Å². The third kappa shape index (κ3) is 7.99. The number of hydrogen-bond acceptors (Lipinski definition) is 12. The Bertz CT molecular complexity index is 1790. The Morgan fingerprint density at radius 3 is 2.37 bits per heavy atom. The number of benzene rings is 2. The minimum atomic E-state index is -4.42. The Morgan fingerprint density at radius 1 is 0.870 bits per heavy atom. The zero-order chi connectivity index (χ0) is 32.1. The summed E-state index contributed by atoms with van der Waals surface area (Å²) >= 11 is 2.53. The molecule has 0 saturated carbocycles. The van der Waals surface area contributed by atoms with Crippen molar-refractivity contribution >= 4 is 55.0 Å². The van der Waals surface area contributed by atoms with E-state index < -0.39 is 11.7 Å². The van der Waals surface area contributed by atoms with Crippen molar-refractivity contribution in [3.8, 4) is 5.69 Å². The maximum absolute atomic E-state index is 12.8. The van der Waals surface area contributed by atoms with Crippen LogP contribution in [0, 0.1) is 0 Å². The first-order valence-electron chi connectivity index (χ1n) is 14.1. The second-order valence-electron chi connectivity index (χ2n) is 10.3. The first-order chi connectivity index (χ1) is 22.2. The van der Waals surface area contributed by atoms with Gasteiger partial charge in [-0.15, -0.1) is 25.5 Å². The van der Waals surface area contributed by atoms with Crippen molar-refractivity contribution in [2.24, 2.45) is 0 Å². The zero-order valence-corrected chi connectivity index (χ0v) is 25.6. The summed E-state index contributed by atoms with van der Waals surface area (Å²) in [4.78, 5) is 26.9. The molecule has 1 fully saturated rings. The van der Waals surface area contributed by atoms with Crippen LogP contribution in [0.3, 0.4) is 0 Å². The third-order valence-corrected chi connectivity index (χ3v) is 8.60. The van der Waals surface area contributed by atoms with E-state index in [2.05, 4.69) is 51.6 Å². The van der Waals surface area contributed by atoms with Crippen molar-refractivity contribution in [3.63, 3.8) is 0 Å². The molecular formula is C28H26F3N11O2S2. The molecule has 13 nitrogen and oxygen atoms in total. The minimum Gasteiger partial charge on any atom is -0.355 e. The van der Waals surface area contributed by atoms with Gasteiger partial charge >= 0.3 is 6.18 Å². The van der Waals surface area contributed by atoms with E-state index in [4.69, 9.17) is 0 Å². The summed E-state index contributed by atoms with van der Waals surface area (Å²) in [6.45, 7) is 1.38. The molecule has 3 N–H and O–H groups in total. The molecule has 1 aliphatic rings. The first-order valence-corrected chi connectivity index (χ1v) is 15.7. The molecule has 0 aliphatic carbocycles. The van der Waals surface area contributed by atoms with Crippen LogP contribution in [-0.4, -0.2) is 66.3 Å². The van der Waals surface area contributed by atoms with Gasteiger partial charge in [-0.3, -0.25) is 9.59 Å². The minimum absolute atomic E-state index is 0.0822. The number of halogens is 3. The molecule has 18 heteroatoms. The van der Waals surface area contributed by atoms with Crippen LogP contribution in [0.4, 0.5) is 33.7 Å². The van der Waals surface area contributed by atoms with Crippen molar-refractivity contribution in [1.82, 2.24) is 35.4 Å². The molecule has 6 rings (SSSR count). The van der Waals surface area contributed by atoms with E-state index in [1.807, 2.05) is 30.3 Å². The first kappa shape index (κ1) is 31.0. The van der Waals surface area contributed by atoms with E-state index in [9.17, 15) is 22.8 Å². The van der Waals surface area contributed by atoms with Gasteiger partial charge in [0, 0.05) is 32.0 Å². The smallest absolute Gasteiger partial charge is 0.355 e. The van der Waals surface area contributed by atoms with Crippen LogP contribution >= 0.6 is 22.7 Å². The predicted molar refractivity (Wildman–Crippen MR) is 166 cm³/mol. The van der Waals surface area contributed by atoms with Gasteiger partial charge in [-0.1, -0.05) is 58.2 Å². The lowest BCUT2D eigenvalue weighted by molar-refractivity contribution is -0.137. The van der Waals surface area contributed by atoms with Crippen LogP contribution in [0.25, 0.3) is 5.69 Å². The number of anilines is 4. The topological polar surface area (TPSA) is 156 Å². The van der Waals surface area contributed by atoms with Crippen molar-refractivity contribution < 1.29 is 22.8 Å². The highest BCUT2D eigenvalue weighted by atomic mass is 32.1. The molecule has 238 valence electrons. The second kappa shape index (κ2) is 13.6. The number of aromatic nitrogens is 7. The van der Waals surface area contributed by atoms with Crippen LogP contribution in [-0.2, 0) is 28.6 Å². The van der Waals surface area contributed by atoms with Gasteiger partial charge in [-0.2, -0.15) is 13.2 Å². The zero-order valence-electron chi connectivity index (χ0n) is 23.9. The van der Waals surface area contributed by atoms with Crippen LogP contribution in [0.5, 0.6) is 0 Å². The fourth-order valence-corrected chi connectivity index (χ4v) is 6.20. The summed E-state index contributed by atoms with van der Waals surface area (Å²) in [6.07, 6.45) is -1.39. The highest BCUT2D eigenvalue weighted by Gasteiger charge is 2.30. The highest BCUT2D eigenvalue weighted by Crippen LogP contribution is 2.30. The van der Waals surface area contributed by atoms with Gasteiger partial charge in [0.2, 0.25) is 32.3 Å². The van der Waals surface area contributed by atoms with Gasteiger partial charge in [0.15, 0.2) is 0 Å². The third-order valence-electron chi connectivity index (χ3n) is 6.93. The maximum Gasteiger partial charge on any atom is 0.416 e. The van der Waals surface area contributed by atoms with E-state index in [-0.39, 0.29) is 37.1 Å². The van der Waals surface area contributed by atoms with Gasteiger partial charge < -0.3 is 20.9 Å². The summed E-state index contributed by atoms with van der Waals surface area (Å²) in [7, 11) is 0. The lowest BCUT2D eigenvalue weighted by Crippen LogP contribution is -2.25. The van der Waals surface area contributed by atoms with Gasteiger partial charge in [0.25, 0.3) is 0 Å². The quantitative estimate of drug-likeness (QED) is 0.184. The fourth-order valence-electron chi connectivity index (χ4n) is 4.66. The van der Waals surface area contributed by atoms with Gasteiger partial charge in [0.1, 0.15) is 0 Å². The number of aryl methyl sites for hydroxylation is 1. The summed E-state index contributed by atoms with van der Waals surface area (Å²) in [6, 6.07) is 14.1. The van der Waals surface area contributed by atoms with Crippen molar-refractivity contribution in [2.45, 2.75) is 37.9 Å². The number of nitrogens with one attached hydrogen (secondary N) is 3. The van der Waals surface area contributed by atoms with E-state index in [1.54, 1.807) is 6.20 Å². The molecule has 46 heavy (non-hydrogen) atoms. The number of carbonyl (C=O) groups excluding carboxylic acids is 2. The molecule has 2 amide bonds. The number of amides is 2. The molecule has 1 atom stereocenters. The predicted octanol–water partition coefficient (Wildman–Crippen LogP) is 4.43. The van der Waals surface area contributed by atoms with Crippen LogP contribution < -0.4 is 20.9 Å². The molecule has 1 saturated heterocycles. The molecule has 0 bridgehead atoms. The molecule has 4 heterocycles. The van der Waals surface area contributed by atoms with Crippen molar-refractivity contribution in [2.75, 3.05) is 33.9 Å². The Morgan fingerprint density at radius 2 is 1.59 bits per heavy atom. The van der Waals surface area contributed by atoms with Crippen LogP contribution in [0.1, 0.15) is 29.7 Å². The number of hydrogen-bond donors (Lipinski definition) is 3. The van der Waals surface area contributed by atoms with Crippen molar-refractivity contribution in [1.29, 1.82) is 0 Å². The Balaban J connectivity index is 0.936. The molecule has 5 aromatic rings.